The summed E-state index contributed by atoms with van der Waals surface area (Å²) in [5, 5.41) is 6.52. The van der Waals surface area contributed by atoms with Crippen LogP contribution in [0.4, 0.5) is 4.79 Å². The van der Waals surface area contributed by atoms with Crippen LogP contribution in [0.1, 0.15) is 37.7 Å². The second kappa shape index (κ2) is 8.73. The Labute approximate surface area is 131 Å². The number of hydrogen-bond donors (Lipinski definition) is 2. The van der Waals surface area contributed by atoms with E-state index in [9.17, 15) is 4.79 Å². The molecular formula is C17H23ClN2O. The van der Waals surface area contributed by atoms with Crippen molar-refractivity contribution in [1.29, 1.82) is 0 Å². The van der Waals surface area contributed by atoms with Crippen molar-refractivity contribution in [3.63, 3.8) is 0 Å². The number of allylic oxidation sites excluding steroid dienone is 1. The number of rotatable bonds is 6. The summed E-state index contributed by atoms with van der Waals surface area (Å²) < 4.78 is 0. The highest BCUT2D eigenvalue weighted by atomic mass is 35.5. The summed E-state index contributed by atoms with van der Waals surface area (Å²) in [6.07, 6.45) is 9.07. The highest BCUT2D eigenvalue weighted by Gasteiger charge is 2.04. The fourth-order valence-corrected chi connectivity index (χ4v) is 2.76. The number of urea groups is 1. The monoisotopic (exact) mass is 306 g/mol. The molecule has 2 N–H and O–H groups in total. The summed E-state index contributed by atoms with van der Waals surface area (Å²) in [5.74, 6) is 0. The zero-order valence-electron chi connectivity index (χ0n) is 12.3. The third-order valence-electron chi connectivity index (χ3n) is 3.70. The van der Waals surface area contributed by atoms with E-state index < -0.39 is 0 Å². The van der Waals surface area contributed by atoms with E-state index in [1.54, 1.807) is 0 Å². The Bertz CT molecular complexity index is 499. The molecule has 1 aromatic rings. The zero-order chi connectivity index (χ0) is 14.9. The third kappa shape index (κ3) is 6.21. The fourth-order valence-electron chi connectivity index (χ4n) is 2.54. The lowest BCUT2D eigenvalue weighted by Crippen LogP contribution is -2.37. The Hall–Kier alpha value is -1.48. The van der Waals surface area contributed by atoms with Gasteiger partial charge in [-0.2, -0.15) is 0 Å². The molecule has 114 valence electrons. The predicted molar refractivity (Wildman–Crippen MR) is 87.7 cm³/mol. The Morgan fingerprint density at radius 1 is 1.14 bits per heavy atom. The van der Waals surface area contributed by atoms with Crippen LogP contribution in [0.25, 0.3) is 0 Å². The van der Waals surface area contributed by atoms with Gasteiger partial charge in [0.15, 0.2) is 0 Å². The van der Waals surface area contributed by atoms with E-state index >= 15 is 0 Å². The van der Waals surface area contributed by atoms with E-state index in [2.05, 4.69) is 16.7 Å². The first-order valence-electron chi connectivity index (χ1n) is 7.68. The molecule has 0 aliphatic heterocycles. The number of carbonyl (C=O) groups is 1. The summed E-state index contributed by atoms with van der Waals surface area (Å²) in [4.78, 5) is 11.7. The van der Waals surface area contributed by atoms with E-state index in [0.29, 0.717) is 6.54 Å². The van der Waals surface area contributed by atoms with Gasteiger partial charge in [-0.25, -0.2) is 4.79 Å². The smallest absolute Gasteiger partial charge is 0.314 e. The maximum absolute atomic E-state index is 11.7. The number of halogens is 1. The van der Waals surface area contributed by atoms with Crippen molar-refractivity contribution >= 4 is 17.6 Å². The van der Waals surface area contributed by atoms with Gasteiger partial charge in [0.25, 0.3) is 0 Å². The molecule has 0 fully saturated rings. The van der Waals surface area contributed by atoms with Crippen LogP contribution in [0.15, 0.2) is 35.9 Å². The Balaban J connectivity index is 1.58. The van der Waals surface area contributed by atoms with E-state index in [4.69, 9.17) is 11.6 Å². The molecule has 0 atom stereocenters. The van der Waals surface area contributed by atoms with Gasteiger partial charge >= 0.3 is 6.03 Å². The molecule has 0 heterocycles. The van der Waals surface area contributed by atoms with Gasteiger partial charge in [-0.1, -0.05) is 35.4 Å². The summed E-state index contributed by atoms with van der Waals surface area (Å²) in [6, 6.07) is 7.63. The van der Waals surface area contributed by atoms with Gasteiger partial charge in [0.1, 0.15) is 0 Å². The second-order valence-electron chi connectivity index (χ2n) is 5.42. The Morgan fingerprint density at radius 2 is 1.95 bits per heavy atom. The van der Waals surface area contributed by atoms with Gasteiger partial charge in [-0.05, 0) is 56.2 Å². The van der Waals surface area contributed by atoms with Gasteiger partial charge < -0.3 is 10.6 Å². The average Bonchev–Trinajstić information content (AvgIpc) is 2.48. The molecule has 1 aliphatic carbocycles. The Morgan fingerprint density at radius 3 is 2.67 bits per heavy atom. The predicted octanol–water partition coefficient (Wildman–Crippen LogP) is 4.07. The van der Waals surface area contributed by atoms with Crippen molar-refractivity contribution in [2.24, 2.45) is 0 Å². The molecule has 0 radical (unpaired) electrons. The van der Waals surface area contributed by atoms with Crippen LogP contribution in [-0.4, -0.2) is 19.1 Å². The molecule has 0 spiro atoms. The molecule has 21 heavy (non-hydrogen) atoms. The maximum atomic E-state index is 11.7. The van der Waals surface area contributed by atoms with Crippen LogP contribution in [0, 0.1) is 0 Å². The molecule has 4 heteroatoms. The van der Waals surface area contributed by atoms with Crippen molar-refractivity contribution < 1.29 is 4.79 Å². The van der Waals surface area contributed by atoms with Gasteiger partial charge in [0.2, 0.25) is 0 Å². The molecule has 0 unspecified atom stereocenters. The number of benzene rings is 1. The van der Waals surface area contributed by atoms with Crippen LogP contribution in [0.3, 0.4) is 0 Å². The van der Waals surface area contributed by atoms with Gasteiger partial charge in [0.05, 0.1) is 0 Å². The highest BCUT2D eigenvalue weighted by Crippen LogP contribution is 2.19. The molecule has 0 aromatic heterocycles. The van der Waals surface area contributed by atoms with Crippen LogP contribution >= 0.6 is 11.6 Å². The van der Waals surface area contributed by atoms with Gasteiger partial charge in [-0.15, -0.1) is 0 Å². The summed E-state index contributed by atoms with van der Waals surface area (Å²) in [6.45, 7) is 1.34. The first kappa shape index (κ1) is 15.9. The Kier molecular flexibility index (Phi) is 6.61. The number of nitrogens with one attached hydrogen (secondary N) is 2. The number of carbonyl (C=O) groups excluding carboxylic acids is 1. The van der Waals surface area contributed by atoms with Crippen molar-refractivity contribution in [2.75, 3.05) is 13.1 Å². The first-order chi connectivity index (χ1) is 10.2. The minimum atomic E-state index is -0.0894. The quantitative estimate of drug-likeness (QED) is 0.764. The molecule has 1 aromatic carbocycles. The maximum Gasteiger partial charge on any atom is 0.314 e. The second-order valence-corrected chi connectivity index (χ2v) is 5.86. The van der Waals surface area contributed by atoms with Crippen molar-refractivity contribution in [2.45, 2.75) is 38.5 Å². The standard InChI is InChI=1S/C17H23ClN2O/c18-16-8-4-7-15(13-16)10-12-20-17(21)19-11-9-14-5-2-1-3-6-14/h4-5,7-8,13H,1-3,6,9-12H2,(H2,19,20,21). The zero-order valence-corrected chi connectivity index (χ0v) is 13.1. The lowest BCUT2D eigenvalue weighted by molar-refractivity contribution is 0.241. The van der Waals surface area contributed by atoms with Gasteiger partial charge in [-0.3, -0.25) is 0 Å². The van der Waals surface area contributed by atoms with Crippen LogP contribution in [-0.2, 0) is 6.42 Å². The van der Waals surface area contributed by atoms with E-state index in [0.717, 1.165) is 30.0 Å². The summed E-state index contributed by atoms with van der Waals surface area (Å²) >= 11 is 5.92. The summed E-state index contributed by atoms with van der Waals surface area (Å²) in [7, 11) is 0. The molecule has 1 aliphatic rings. The average molecular weight is 307 g/mol. The molecule has 0 bridgehead atoms. The lowest BCUT2D eigenvalue weighted by Gasteiger charge is -2.13. The number of hydrogen-bond acceptors (Lipinski definition) is 1. The van der Waals surface area contributed by atoms with Crippen molar-refractivity contribution in [3.05, 3.63) is 46.5 Å². The van der Waals surface area contributed by atoms with E-state index in [1.165, 1.54) is 31.3 Å². The third-order valence-corrected chi connectivity index (χ3v) is 3.94. The lowest BCUT2D eigenvalue weighted by atomic mass is 9.97. The fraction of sp³-hybridized carbons (Fsp3) is 0.471. The van der Waals surface area contributed by atoms with Crippen LogP contribution in [0.5, 0.6) is 0 Å². The molecule has 2 amide bonds. The number of amides is 2. The topological polar surface area (TPSA) is 41.1 Å². The van der Waals surface area contributed by atoms with Crippen molar-refractivity contribution in [3.8, 4) is 0 Å². The minimum absolute atomic E-state index is 0.0894. The van der Waals surface area contributed by atoms with Crippen LogP contribution in [0.2, 0.25) is 5.02 Å². The molecule has 2 rings (SSSR count). The highest BCUT2D eigenvalue weighted by molar-refractivity contribution is 6.30. The van der Waals surface area contributed by atoms with E-state index in [1.807, 2.05) is 24.3 Å². The summed E-state index contributed by atoms with van der Waals surface area (Å²) in [5.41, 5.74) is 2.62. The molecule has 0 saturated heterocycles. The van der Waals surface area contributed by atoms with Crippen molar-refractivity contribution in [1.82, 2.24) is 10.6 Å². The molecule has 3 nitrogen and oxygen atoms in total. The normalized spacial score (nSPS) is 14.4. The SMILES string of the molecule is O=C(NCCC1=CCCCC1)NCCc1cccc(Cl)c1. The largest absolute Gasteiger partial charge is 0.338 e. The molecule has 0 saturated carbocycles. The van der Waals surface area contributed by atoms with Gasteiger partial charge in [0, 0.05) is 18.1 Å². The van der Waals surface area contributed by atoms with E-state index in [-0.39, 0.29) is 6.03 Å². The van der Waals surface area contributed by atoms with Crippen LogP contribution < -0.4 is 10.6 Å². The first-order valence-corrected chi connectivity index (χ1v) is 8.06. The molecular weight excluding hydrogens is 284 g/mol. The minimum Gasteiger partial charge on any atom is -0.338 e.